The Morgan fingerprint density at radius 3 is 2.81 bits per heavy atom. The van der Waals surface area contributed by atoms with Gasteiger partial charge in [-0.2, -0.15) is 0 Å². The second kappa shape index (κ2) is 7.60. The number of hydrogen-bond donors (Lipinski definition) is 0. The Kier molecular flexibility index (Phi) is 5.05. The fourth-order valence-electron chi connectivity index (χ4n) is 4.46. The maximum Gasteiger partial charge on any atom is 0.225 e. The molecule has 1 atom stereocenters. The van der Waals surface area contributed by atoms with Crippen LogP contribution in [-0.4, -0.2) is 38.4 Å². The van der Waals surface area contributed by atoms with Crippen LogP contribution in [0.4, 0.5) is 0 Å². The molecule has 0 bridgehead atoms. The van der Waals surface area contributed by atoms with E-state index in [0.717, 1.165) is 50.3 Å². The molecule has 26 heavy (non-hydrogen) atoms. The topological polar surface area (TPSA) is 51.0 Å². The van der Waals surface area contributed by atoms with Crippen molar-refractivity contribution in [3.63, 3.8) is 0 Å². The molecule has 1 amide bonds. The van der Waals surface area contributed by atoms with Crippen LogP contribution in [0.5, 0.6) is 0 Å². The highest BCUT2D eigenvalue weighted by Gasteiger charge is 2.32. The van der Waals surface area contributed by atoms with Gasteiger partial charge in [-0.1, -0.05) is 19.3 Å². The second-order valence-electron chi connectivity index (χ2n) is 7.85. The lowest BCUT2D eigenvalue weighted by Gasteiger charge is -2.26. The van der Waals surface area contributed by atoms with Crippen molar-refractivity contribution in [1.29, 1.82) is 0 Å². The first-order chi connectivity index (χ1) is 12.7. The number of carbonyl (C=O) groups excluding carboxylic acids is 1. The molecule has 138 valence electrons. The molecule has 0 radical (unpaired) electrons. The van der Waals surface area contributed by atoms with E-state index >= 15 is 0 Å². The second-order valence-corrected chi connectivity index (χ2v) is 7.85. The highest BCUT2D eigenvalue weighted by Crippen LogP contribution is 2.29. The van der Waals surface area contributed by atoms with Crippen LogP contribution in [0.15, 0.2) is 30.7 Å². The smallest absolute Gasteiger partial charge is 0.225 e. The summed E-state index contributed by atoms with van der Waals surface area (Å²) >= 11 is 0. The third kappa shape index (κ3) is 3.53. The van der Waals surface area contributed by atoms with Crippen molar-refractivity contribution in [1.82, 2.24) is 19.4 Å². The van der Waals surface area contributed by atoms with Gasteiger partial charge in [0.2, 0.25) is 5.91 Å². The third-order valence-corrected chi connectivity index (χ3v) is 5.97. The van der Waals surface area contributed by atoms with Gasteiger partial charge < -0.3 is 9.47 Å². The lowest BCUT2D eigenvalue weighted by Crippen LogP contribution is -2.35. The Bertz CT molecular complexity index is 749. The lowest BCUT2D eigenvalue weighted by atomic mass is 9.88. The number of amides is 1. The number of nitrogens with zero attached hydrogens (tertiary/aromatic N) is 4. The van der Waals surface area contributed by atoms with Crippen molar-refractivity contribution in [2.75, 3.05) is 13.1 Å². The number of likely N-dealkylation sites (tertiary alicyclic amines) is 1. The molecule has 1 aliphatic carbocycles. The van der Waals surface area contributed by atoms with E-state index in [2.05, 4.69) is 32.4 Å². The van der Waals surface area contributed by atoms with Crippen molar-refractivity contribution >= 4 is 5.91 Å². The van der Waals surface area contributed by atoms with Gasteiger partial charge in [0.15, 0.2) is 0 Å². The van der Waals surface area contributed by atoms with Crippen LogP contribution >= 0.6 is 0 Å². The highest BCUT2D eigenvalue weighted by molar-refractivity contribution is 5.79. The van der Waals surface area contributed by atoms with E-state index in [1.807, 2.05) is 18.5 Å². The largest absolute Gasteiger partial charge is 0.342 e. The summed E-state index contributed by atoms with van der Waals surface area (Å²) in [7, 11) is 0. The van der Waals surface area contributed by atoms with Crippen LogP contribution in [0.25, 0.3) is 11.4 Å². The number of carbonyl (C=O) groups is 1. The number of aryl methyl sites for hydroxylation is 1. The first-order valence-electron chi connectivity index (χ1n) is 9.93. The first-order valence-corrected chi connectivity index (χ1v) is 9.93. The standard InChI is InChI=1S/C21H28N4O/c1-16-12-23-20(19-8-5-10-22-13-19)25(16)15-17-9-11-24(14-17)21(26)18-6-3-2-4-7-18/h5,8,10,12-13,17-18H,2-4,6-7,9,11,14-15H2,1H3. The van der Waals surface area contributed by atoms with E-state index in [-0.39, 0.29) is 5.92 Å². The molecule has 1 saturated carbocycles. The Morgan fingerprint density at radius 1 is 1.19 bits per heavy atom. The number of aromatic nitrogens is 3. The fraction of sp³-hybridized carbons (Fsp3) is 0.571. The summed E-state index contributed by atoms with van der Waals surface area (Å²) < 4.78 is 2.29. The van der Waals surface area contributed by atoms with Crippen LogP contribution in [0.3, 0.4) is 0 Å². The summed E-state index contributed by atoms with van der Waals surface area (Å²) in [4.78, 5) is 23.7. The molecule has 5 heteroatoms. The molecule has 0 spiro atoms. The Labute approximate surface area is 155 Å². The lowest BCUT2D eigenvalue weighted by molar-refractivity contribution is -0.135. The molecule has 5 nitrogen and oxygen atoms in total. The molecule has 1 unspecified atom stereocenters. The van der Waals surface area contributed by atoms with Crippen LogP contribution in [0, 0.1) is 18.8 Å². The van der Waals surface area contributed by atoms with Gasteiger partial charge in [-0.25, -0.2) is 4.98 Å². The molecule has 2 aliphatic rings. The summed E-state index contributed by atoms with van der Waals surface area (Å²) in [6.07, 6.45) is 12.6. The third-order valence-electron chi connectivity index (χ3n) is 5.97. The van der Waals surface area contributed by atoms with E-state index < -0.39 is 0 Å². The average molecular weight is 352 g/mol. The molecular weight excluding hydrogens is 324 g/mol. The van der Waals surface area contributed by atoms with Gasteiger partial charge in [-0.15, -0.1) is 0 Å². The fourth-order valence-corrected chi connectivity index (χ4v) is 4.46. The molecule has 1 aliphatic heterocycles. The van der Waals surface area contributed by atoms with Crippen LogP contribution in [0.2, 0.25) is 0 Å². The minimum Gasteiger partial charge on any atom is -0.342 e. The van der Waals surface area contributed by atoms with Gasteiger partial charge in [0.1, 0.15) is 5.82 Å². The van der Waals surface area contributed by atoms with Crippen molar-refractivity contribution in [2.45, 2.75) is 52.0 Å². The van der Waals surface area contributed by atoms with E-state index in [1.54, 1.807) is 6.20 Å². The predicted octanol–water partition coefficient (Wildman–Crippen LogP) is 3.68. The van der Waals surface area contributed by atoms with Crippen LogP contribution in [-0.2, 0) is 11.3 Å². The summed E-state index contributed by atoms with van der Waals surface area (Å²) in [6.45, 7) is 4.83. The number of pyridine rings is 1. The number of imidazole rings is 1. The molecule has 3 heterocycles. The Hall–Kier alpha value is -2.17. The summed E-state index contributed by atoms with van der Waals surface area (Å²) in [5, 5.41) is 0. The maximum absolute atomic E-state index is 12.8. The summed E-state index contributed by atoms with van der Waals surface area (Å²) in [5.41, 5.74) is 2.22. The van der Waals surface area contributed by atoms with Crippen LogP contribution in [0.1, 0.15) is 44.2 Å². The van der Waals surface area contributed by atoms with Gasteiger partial charge >= 0.3 is 0 Å². The highest BCUT2D eigenvalue weighted by atomic mass is 16.2. The zero-order valence-electron chi connectivity index (χ0n) is 15.6. The SMILES string of the molecule is Cc1cnc(-c2cccnc2)n1CC1CCN(C(=O)C2CCCCC2)C1. The Morgan fingerprint density at radius 2 is 2.04 bits per heavy atom. The first kappa shape index (κ1) is 17.3. The molecule has 4 rings (SSSR count). The molecule has 2 aromatic rings. The normalized spacial score (nSPS) is 21.3. The minimum atomic E-state index is 0.281. The van der Waals surface area contributed by atoms with Gasteiger partial charge in [0, 0.05) is 55.4 Å². The van der Waals surface area contributed by atoms with Gasteiger partial charge in [0.05, 0.1) is 0 Å². The van der Waals surface area contributed by atoms with Crippen molar-refractivity contribution in [2.24, 2.45) is 11.8 Å². The molecule has 0 N–H and O–H groups in total. The minimum absolute atomic E-state index is 0.281. The Balaban J connectivity index is 1.43. The monoisotopic (exact) mass is 352 g/mol. The van der Waals surface area contributed by atoms with E-state index in [4.69, 9.17) is 0 Å². The average Bonchev–Trinajstić information content (AvgIpc) is 3.30. The van der Waals surface area contributed by atoms with Crippen LogP contribution < -0.4 is 0 Å². The quantitative estimate of drug-likeness (QED) is 0.843. The van der Waals surface area contributed by atoms with E-state index in [0.29, 0.717) is 11.8 Å². The molecule has 2 aromatic heterocycles. The number of hydrogen-bond acceptors (Lipinski definition) is 3. The number of rotatable bonds is 4. The van der Waals surface area contributed by atoms with Gasteiger partial charge in [0.25, 0.3) is 0 Å². The molecule has 2 fully saturated rings. The van der Waals surface area contributed by atoms with Crippen molar-refractivity contribution in [3.05, 3.63) is 36.4 Å². The van der Waals surface area contributed by atoms with Crippen molar-refractivity contribution < 1.29 is 4.79 Å². The summed E-state index contributed by atoms with van der Waals surface area (Å²) in [6, 6.07) is 4.00. The maximum atomic E-state index is 12.8. The summed E-state index contributed by atoms with van der Waals surface area (Å²) in [5.74, 6) is 2.17. The van der Waals surface area contributed by atoms with Crippen molar-refractivity contribution in [3.8, 4) is 11.4 Å². The van der Waals surface area contributed by atoms with Gasteiger partial charge in [-0.3, -0.25) is 9.78 Å². The zero-order chi connectivity index (χ0) is 17.9. The zero-order valence-corrected chi connectivity index (χ0v) is 15.6. The molecule has 1 saturated heterocycles. The van der Waals surface area contributed by atoms with E-state index in [1.165, 1.54) is 25.0 Å². The van der Waals surface area contributed by atoms with Gasteiger partial charge in [-0.05, 0) is 44.2 Å². The predicted molar refractivity (Wildman–Crippen MR) is 101 cm³/mol. The molecular formula is C21H28N4O. The molecule has 0 aromatic carbocycles. The van der Waals surface area contributed by atoms with E-state index in [9.17, 15) is 4.79 Å².